The summed E-state index contributed by atoms with van der Waals surface area (Å²) < 4.78 is 22.9. The van der Waals surface area contributed by atoms with Crippen molar-refractivity contribution >= 4 is 54.0 Å². The predicted molar refractivity (Wildman–Crippen MR) is 220 cm³/mol. The van der Waals surface area contributed by atoms with Gasteiger partial charge < -0.3 is 18.9 Å². The highest BCUT2D eigenvalue weighted by Crippen LogP contribution is 2.36. The van der Waals surface area contributed by atoms with Crippen molar-refractivity contribution in [3.63, 3.8) is 0 Å². The van der Waals surface area contributed by atoms with E-state index in [1.165, 1.54) is 60.7 Å². The van der Waals surface area contributed by atoms with E-state index in [0.717, 1.165) is 29.4 Å². The van der Waals surface area contributed by atoms with Crippen molar-refractivity contribution in [2.45, 2.75) is 5.79 Å². The molecule has 0 aromatic heterocycles. The number of ether oxygens (including phenoxy) is 4. The summed E-state index contributed by atoms with van der Waals surface area (Å²) in [5.74, 6) is -7.89. The highest BCUT2D eigenvalue weighted by Gasteiger charge is 2.50. The van der Waals surface area contributed by atoms with Crippen molar-refractivity contribution in [3.8, 4) is 5.75 Å². The number of allylic oxidation sites excluding steroid dienone is 1. The number of benzene rings is 5. The van der Waals surface area contributed by atoms with Gasteiger partial charge in [0.05, 0.1) is 0 Å². The zero-order chi connectivity index (χ0) is 40.6. The van der Waals surface area contributed by atoms with Crippen molar-refractivity contribution in [3.05, 3.63) is 222 Å². The number of hydrogen-bond acceptors (Lipinski definition) is 9. The predicted octanol–water partition coefficient (Wildman–Crippen LogP) is 9.02. The maximum Gasteiger partial charge on any atom is 0.336 e. The lowest BCUT2D eigenvalue weighted by Gasteiger charge is -2.36. The van der Waals surface area contributed by atoms with Crippen molar-refractivity contribution < 1.29 is 42.9 Å². The molecular formula is C49H36O9. The molecule has 0 amide bonds. The first kappa shape index (κ1) is 39.8. The maximum absolute atomic E-state index is 14.4. The van der Waals surface area contributed by atoms with E-state index in [1.54, 1.807) is 72.8 Å². The largest absolute Gasteiger partial charge is 0.423 e. The third kappa shape index (κ3) is 11.5. The second kappa shape index (κ2) is 19.6. The number of hydrogen-bond donors (Lipinski definition) is 0. The Morgan fingerprint density at radius 2 is 0.828 bits per heavy atom. The van der Waals surface area contributed by atoms with E-state index in [4.69, 9.17) is 18.9 Å². The fourth-order valence-electron chi connectivity index (χ4n) is 5.66. The molecule has 0 bridgehead atoms. The van der Waals surface area contributed by atoms with Crippen LogP contribution in [0, 0.1) is 5.92 Å². The summed E-state index contributed by atoms with van der Waals surface area (Å²) in [7, 11) is 0. The van der Waals surface area contributed by atoms with E-state index in [1.807, 2.05) is 60.7 Å². The fraction of sp³-hybridized carbons (Fsp3) is 0.0408. The Hall–Kier alpha value is -7.91. The van der Waals surface area contributed by atoms with Crippen molar-refractivity contribution in [2.75, 3.05) is 0 Å². The van der Waals surface area contributed by atoms with Gasteiger partial charge in [-0.1, -0.05) is 127 Å². The molecule has 0 fully saturated rings. The van der Waals surface area contributed by atoms with E-state index < -0.39 is 41.4 Å². The smallest absolute Gasteiger partial charge is 0.336 e. The van der Waals surface area contributed by atoms with E-state index in [-0.39, 0.29) is 17.1 Å². The molecule has 0 heterocycles. The van der Waals surface area contributed by atoms with Crippen LogP contribution in [0.15, 0.2) is 194 Å². The highest BCUT2D eigenvalue weighted by molar-refractivity contribution is 6.01. The first-order valence-electron chi connectivity index (χ1n) is 18.1. The van der Waals surface area contributed by atoms with Gasteiger partial charge in [0.25, 0.3) is 5.79 Å². The number of ketones is 1. The zero-order valence-corrected chi connectivity index (χ0v) is 31.0. The number of Topliss-reactive ketones (excluding diaryl/α,β-unsaturated/α-hetero) is 1. The van der Waals surface area contributed by atoms with Gasteiger partial charge in [-0.3, -0.25) is 4.79 Å². The monoisotopic (exact) mass is 768 g/mol. The molecule has 1 atom stereocenters. The van der Waals surface area contributed by atoms with Crippen LogP contribution in [0.2, 0.25) is 0 Å². The third-order valence-corrected chi connectivity index (χ3v) is 8.45. The summed E-state index contributed by atoms with van der Waals surface area (Å²) in [4.78, 5) is 67.0. The van der Waals surface area contributed by atoms with Crippen molar-refractivity contribution in [2.24, 2.45) is 5.92 Å². The molecule has 286 valence electrons. The topological polar surface area (TPSA) is 122 Å². The Morgan fingerprint density at radius 1 is 0.448 bits per heavy atom. The standard InChI is InChI=1S/C49H36O9/c50-44(31-21-36-13-5-1-6-14-36)55-41-27-25-40(26-28-41)48(54)43-30-29-42(56-45(51)32-22-37-15-7-2-8-16-37)35-49(43,57-46(52)33-23-38-17-9-3-10-18-38)58-47(53)34-24-39-19-11-4-12-20-39/h1-35,43H. The van der Waals surface area contributed by atoms with Gasteiger partial charge in [-0.05, 0) is 76.9 Å². The number of carbonyl (C=O) groups excluding carboxylic acids is 5. The van der Waals surface area contributed by atoms with Gasteiger partial charge in [-0.25, -0.2) is 19.2 Å². The van der Waals surface area contributed by atoms with Crippen molar-refractivity contribution in [1.82, 2.24) is 0 Å². The lowest BCUT2D eigenvalue weighted by molar-refractivity contribution is -0.212. The second-order valence-electron chi connectivity index (χ2n) is 12.7. The van der Waals surface area contributed by atoms with Crippen LogP contribution in [0.4, 0.5) is 0 Å². The second-order valence-corrected chi connectivity index (χ2v) is 12.7. The molecule has 1 aliphatic rings. The van der Waals surface area contributed by atoms with Crippen LogP contribution in [0.25, 0.3) is 24.3 Å². The van der Waals surface area contributed by atoms with Crippen LogP contribution in [0.3, 0.4) is 0 Å². The first-order chi connectivity index (χ1) is 28.2. The number of rotatable bonds is 14. The van der Waals surface area contributed by atoms with Crippen LogP contribution in [-0.4, -0.2) is 35.4 Å². The Kier molecular flexibility index (Phi) is 13.4. The Morgan fingerprint density at radius 3 is 1.24 bits per heavy atom. The summed E-state index contributed by atoms with van der Waals surface area (Å²) >= 11 is 0. The normalized spacial score (nSPS) is 16.3. The molecule has 1 unspecified atom stereocenters. The van der Waals surface area contributed by atoms with Gasteiger partial charge in [-0.2, -0.15) is 0 Å². The molecule has 0 N–H and O–H groups in total. The third-order valence-electron chi connectivity index (χ3n) is 8.45. The zero-order valence-electron chi connectivity index (χ0n) is 31.0. The SMILES string of the molecule is O=C(C=Cc1ccccc1)OC1=CC(OC(=O)C=Cc2ccccc2)(OC(=O)C=Cc2ccccc2)C(C(=O)c2ccc(OC(=O)C=Cc3ccccc3)cc2)C=C1. The first-order valence-corrected chi connectivity index (χ1v) is 18.1. The highest BCUT2D eigenvalue weighted by atomic mass is 16.7. The summed E-state index contributed by atoms with van der Waals surface area (Å²) in [6.45, 7) is 0. The average molecular weight is 769 g/mol. The Labute approximate surface area is 335 Å². The molecule has 0 aliphatic heterocycles. The van der Waals surface area contributed by atoms with Crippen LogP contribution in [0.1, 0.15) is 32.6 Å². The van der Waals surface area contributed by atoms with Crippen LogP contribution < -0.4 is 4.74 Å². The molecule has 58 heavy (non-hydrogen) atoms. The van der Waals surface area contributed by atoms with E-state index in [9.17, 15) is 24.0 Å². The summed E-state index contributed by atoms with van der Waals surface area (Å²) in [5.41, 5.74) is 3.02. The number of carbonyl (C=O) groups is 5. The lowest BCUT2D eigenvalue weighted by Crippen LogP contribution is -2.48. The van der Waals surface area contributed by atoms with Crippen molar-refractivity contribution in [1.29, 1.82) is 0 Å². The number of esters is 4. The molecular weight excluding hydrogens is 733 g/mol. The van der Waals surface area contributed by atoms with Crippen LogP contribution in [-0.2, 0) is 33.4 Å². The van der Waals surface area contributed by atoms with Crippen LogP contribution >= 0.6 is 0 Å². The van der Waals surface area contributed by atoms with Gasteiger partial charge in [0.15, 0.2) is 5.78 Å². The quantitative estimate of drug-likeness (QED) is 0.0358. The summed E-state index contributed by atoms with van der Waals surface area (Å²) in [6.07, 6.45) is 14.7. The minimum Gasteiger partial charge on any atom is -0.423 e. The summed E-state index contributed by atoms with van der Waals surface area (Å²) in [6, 6.07) is 41.9. The minimum atomic E-state index is -2.45. The average Bonchev–Trinajstić information content (AvgIpc) is 3.25. The Balaban J connectivity index is 1.31. The minimum absolute atomic E-state index is 0.102. The molecule has 5 aromatic carbocycles. The molecule has 0 saturated heterocycles. The van der Waals surface area contributed by atoms with Gasteiger partial charge in [0, 0.05) is 35.9 Å². The van der Waals surface area contributed by atoms with E-state index in [2.05, 4.69) is 0 Å². The molecule has 9 nitrogen and oxygen atoms in total. The van der Waals surface area contributed by atoms with Gasteiger partial charge in [-0.15, -0.1) is 0 Å². The molecule has 9 heteroatoms. The molecule has 6 rings (SSSR count). The van der Waals surface area contributed by atoms with Gasteiger partial charge >= 0.3 is 23.9 Å². The van der Waals surface area contributed by atoms with Gasteiger partial charge in [0.2, 0.25) is 0 Å². The van der Waals surface area contributed by atoms with Gasteiger partial charge in [0.1, 0.15) is 17.4 Å². The maximum atomic E-state index is 14.4. The molecule has 0 saturated carbocycles. The van der Waals surface area contributed by atoms with E-state index >= 15 is 0 Å². The lowest BCUT2D eigenvalue weighted by atomic mass is 9.85. The van der Waals surface area contributed by atoms with E-state index in [0.29, 0.717) is 11.1 Å². The molecule has 0 radical (unpaired) electrons. The molecule has 0 spiro atoms. The summed E-state index contributed by atoms with van der Waals surface area (Å²) in [5, 5.41) is 0. The molecule has 5 aromatic rings. The molecule has 1 aliphatic carbocycles. The Bertz CT molecular complexity index is 2340. The van der Waals surface area contributed by atoms with Crippen LogP contribution in [0.5, 0.6) is 5.75 Å². The fourth-order valence-corrected chi connectivity index (χ4v) is 5.66.